The van der Waals surface area contributed by atoms with Gasteiger partial charge in [0, 0.05) is 31.2 Å². The number of piperazine rings is 1. The molecule has 4 nitrogen and oxygen atoms in total. The van der Waals surface area contributed by atoms with Crippen molar-refractivity contribution in [1.82, 2.24) is 10.2 Å². The smallest absolute Gasteiger partial charge is 0.263 e. The molecule has 1 heterocycles. The zero-order valence-corrected chi connectivity index (χ0v) is 12.3. The molecule has 1 aliphatic rings. The summed E-state index contributed by atoms with van der Waals surface area (Å²) in [6.45, 7) is 4.93. The van der Waals surface area contributed by atoms with Gasteiger partial charge in [0.15, 0.2) is 6.10 Å². The summed E-state index contributed by atoms with van der Waals surface area (Å²) in [7, 11) is 0. The third-order valence-electron chi connectivity index (χ3n) is 2.89. The molecular weight excluding hydrogens is 287 g/mol. The SMILES string of the molecule is CC(Oc1cccc(Cl)c1)C(=O)N1CCNCC1.Cl. The van der Waals surface area contributed by atoms with Crippen LogP contribution in [0.1, 0.15) is 6.92 Å². The Kier molecular flexibility index (Phi) is 6.42. The van der Waals surface area contributed by atoms with Crippen molar-refractivity contribution >= 4 is 29.9 Å². The monoisotopic (exact) mass is 304 g/mol. The Bertz CT molecular complexity index is 423. The Balaban J connectivity index is 0.00000180. The zero-order chi connectivity index (χ0) is 13.0. The lowest BCUT2D eigenvalue weighted by atomic mass is 10.3. The Morgan fingerprint density at radius 1 is 1.42 bits per heavy atom. The molecule has 1 aromatic carbocycles. The van der Waals surface area contributed by atoms with Gasteiger partial charge in [0.1, 0.15) is 5.75 Å². The molecule has 0 spiro atoms. The van der Waals surface area contributed by atoms with Crippen LogP contribution in [0.3, 0.4) is 0 Å². The Morgan fingerprint density at radius 3 is 2.74 bits per heavy atom. The van der Waals surface area contributed by atoms with Crippen LogP contribution in [-0.4, -0.2) is 43.1 Å². The molecule has 0 radical (unpaired) electrons. The molecule has 1 aromatic rings. The Labute approximate surface area is 124 Å². The quantitative estimate of drug-likeness (QED) is 0.928. The van der Waals surface area contributed by atoms with Crippen LogP contribution in [0.15, 0.2) is 24.3 Å². The molecule has 0 aliphatic carbocycles. The molecule has 1 amide bonds. The molecule has 1 N–H and O–H groups in total. The first-order valence-electron chi connectivity index (χ1n) is 6.08. The standard InChI is InChI=1S/C13H17ClN2O2.ClH/c1-10(13(17)16-7-5-15-6-8-16)18-12-4-2-3-11(14)9-12;/h2-4,9-10,15H,5-8H2,1H3;1H. The highest BCUT2D eigenvalue weighted by Crippen LogP contribution is 2.18. The van der Waals surface area contributed by atoms with Gasteiger partial charge in [0.25, 0.3) is 5.91 Å². The first kappa shape index (κ1) is 16.1. The number of nitrogens with zero attached hydrogens (tertiary/aromatic N) is 1. The van der Waals surface area contributed by atoms with Crippen LogP contribution in [-0.2, 0) is 4.79 Å². The first-order valence-corrected chi connectivity index (χ1v) is 6.46. The van der Waals surface area contributed by atoms with Crippen molar-refractivity contribution in [3.05, 3.63) is 29.3 Å². The lowest BCUT2D eigenvalue weighted by Gasteiger charge is -2.29. The number of halogens is 2. The van der Waals surface area contributed by atoms with Crippen LogP contribution in [0.5, 0.6) is 5.75 Å². The fourth-order valence-corrected chi connectivity index (χ4v) is 2.12. The maximum Gasteiger partial charge on any atom is 0.263 e. The van der Waals surface area contributed by atoms with Crippen LogP contribution in [0.4, 0.5) is 0 Å². The Morgan fingerprint density at radius 2 is 2.11 bits per heavy atom. The molecule has 0 saturated carbocycles. The van der Waals surface area contributed by atoms with Crippen molar-refractivity contribution in [2.45, 2.75) is 13.0 Å². The highest BCUT2D eigenvalue weighted by Gasteiger charge is 2.23. The van der Waals surface area contributed by atoms with E-state index in [1.807, 2.05) is 4.90 Å². The molecule has 2 rings (SSSR count). The largest absolute Gasteiger partial charge is 0.481 e. The number of carbonyl (C=O) groups is 1. The number of hydrogen-bond acceptors (Lipinski definition) is 3. The summed E-state index contributed by atoms with van der Waals surface area (Å²) in [6, 6.07) is 7.09. The molecular formula is C13H18Cl2N2O2. The third kappa shape index (κ3) is 4.56. The highest BCUT2D eigenvalue weighted by atomic mass is 35.5. The summed E-state index contributed by atoms with van der Waals surface area (Å²) in [5.74, 6) is 0.648. The topological polar surface area (TPSA) is 41.6 Å². The van der Waals surface area contributed by atoms with Crippen LogP contribution in [0.25, 0.3) is 0 Å². The van der Waals surface area contributed by atoms with Crippen molar-refractivity contribution in [1.29, 1.82) is 0 Å². The molecule has 19 heavy (non-hydrogen) atoms. The van der Waals surface area contributed by atoms with Crippen molar-refractivity contribution < 1.29 is 9.53 Å². The minimum Gasteiger partial charge on any atom is -0.481 e. The zero-order valence-electron chi connectivity index (χ0n) is 10.8. The summed E-state index contributed by atoms with van der Waals surface area (Å²) in [4.78, 5) is 14.0. The highest BCUT2D eigenvalue weighted by molar-refractivity contribution is 6.30. The number of benzene rings is 1. The second-order valence-corrected chi connectivity index (χ2v) is 4.73. The summed E-state index contributed by atoms with van der Waals surface area (Å²) in [5.41, 5.74) is 0. The van der Waals surface area contributed by atoms with E-state index < -0.39 is 6.10 Å². The van der Waals surface area contributed by atoms with Crippen LogP contribution < -0.4 is 10.1 Å². The van der Waals surface area contributed by atoms with Gasteiger partial charge in [-0.1, -0.05) is 17.7 Å². The summed E-state index contributed by atoms with van der Waals surface area (Å²) in [5, 5.41) is 3.82. The molecule has 1 fully saturated rings. The van der Waals surface area contributed by atoms with Crippen LogP contribution in [0.2, 0.25) is 5.02 Å². The molecule has 1 aliphatic heterocycles. The molecule has 6 heteroatoms. The van der Waals surface area contributed by atoms with E-state index >= 15 is 0 Å². The second kappa shape index (κ2) is 7.58. The van der Waals surface area contributed by atoms with E-state index in [4.69, 9.17) is 16.3 Å². The number of carbonyl (C=O) groups excluding carboxylic acids is 1. The fourth-order valence-electron chi connectivity index (χ4n) is 1.94. The van der Waals surface area contributed by atoms with E-state index in [-0.39, 0.29) is 18.3 Å². The minimum atomic E-state index is -0.485. The van der Waals surface area contributed by atoms with Gasteiger partial charge in [0.2, 0.25) is 0 Å². The van der Waals surface area contributed by atoms with Gasteiger partial charge in [-0.3, -0.25) is 4.79 Å². The van der Waals surface area contributed by atoms with E-state index in [2.05, 4.69) is 5.32 Å². The summed E-state index contributed by atoms with van der Waals surface area (Å²) < 4.78 is 5.61. The van der Waals surface area contributed by atoms with Gasteiger partial charge in [-0.2, -0.15) is 0 Å². The number of rotatable bonds is 3. The van der Waals surface area contributed by atoms with Gasteiger partial charge in [0.05, 0.1) is 0 Å². The normalized spacial score (nSPS) is 16.4. The maximum atomic E-state index is 12.1. The van der Waals surface area contributed by atoms with Gasteiger partial charge >= 0.3 is 0 Å². The predicted octanol–water partition coefficient (Wildman–Crippen LogP) is 1.96. The second-order valence-electron chi connectivity index (χ2n) is 4.29. The average molecular weight is 305 g/mol. The first-order chi connectivity index (χ1) is 8.66. The number of ether oxygens (including phenoxy) is 1. The molecule has 1 saturated heterocycles. The predicted molar refractivity (Wildman–Crippen MR) is 78.2 cm³/mol. The molecule has 0 bridgehead atoms. The van der Waals surface area contributed by atoms with Crippen LogP contribution in [0, 0.1) is 0 Å². The van der Waals surface area contributed by atoms with E-state index in [0.29, 0.717) is 10.8 Å². The van der Waals surface area contributed by atoms with E-state index in [1.165, 1.54) is 0 Å². The fraction of sp³-hybridized carbons (Fsp3) is 0.462. The van der Waals surface area contributed by atoms with Crippen molar-refractivity contribution in [2.75, 3.05) is 26.2 Å². The molecule has 1 unspecified atom stereocenters. The van der Waals surface area contributed by atoms with E-state index in [1.54, 1.807) is 31.2 Å². The number of amides is 1. The minimum absolute atomic E-state index is 0. The molecule has 106 valence electrons. The van der Waals surface area contributed by atoms with Crippen LogP contribution >= 0.6 is 24.0 Å². The summed E-state index contributed by atoms with van der Waals surface area (Å²) >= 11 is 5.87. The average Bonchev–Trinajstić information content (AvgIpc) is 2.39. The maximum absolute atomic E-state index is 12.1. The molecule has 0 aromatic heterocycles. The lowest BCUT2D eigenvalue weighted by molar-refractivity contribution is -0.138. The van der Waals surface area contributed by atoms with Gasteiger partial charge in [-0.05, 0) is 25.1 Å². The van der Waals surface area contributed by atoms with Crippen molar-refractivity contribution in [3.8, 4) is 5.75 Å². The Hall–Kier alpha value is -0.970. The van der Waals surface area contributed by atoms with E-state index in [9.17, 15) is 4.79 Å². The van der Waals surface area contributed by atoms with Gasteiger partial charge < -0.3 is 15.0 Å². The third-order valence-corrected chi connectivity index (χ3v) is 3.12. The summed E-state index contributed by atoms with van der Waals surface area (Å²) in [6.07, 6.45) is -0.485. The number of nitrogens with one attached hydrogen (secondary N) is 1. The van der Waals surface area contributed by atoms with Gasteiger partial charge in [-0.25, -0.2) is 0 Å². The van der Waals surface area contributed by atoms with E-state index in [0.717, 1.165) is 26.2 Å². The van der Waals surface area contributed by atoms with Gasteiger partial charge in [-0.15, -0.1) is 12.4 Å². The lowest BCUT2D eigenvalue weighted by Crippen LogP contribution is -2.50. The van der Waals surface area contributed by atoms with Crippen molar-refractivity contribution in [2.24, 2.45) is 0 Å². The molecule has 1 atom stereocenters. The number of hydrogen-bond donors (Lipinski definition) is 1. The van der Waals surface area contributed by atoms with Crippen molar-refractivity contribution in [3.63, 3.8) is 0 Å².